The Bertz CT molecular complexity index is 689. The maximum Gasteiger partial charge on any atom is 0.343 e. The molecule has 1 aromatic carbocycles. The Labute approximate surface area is 119 Å². The summed E-state index contributed by atoms with van der Waals surface area (Å²) in [6, 6.07) is 10.1. The molecule has 0 bridgehead atoms. The summed E-state index contributed by atoms with van der Waals surface area (Å²) >= 11 is 0. The second-order valence-electron chi connectivity index (χ2n) is 4.44. The Morgan fingerprint density at radius 2 is 1.80 bits per heavy atom. The van der Waals surface area contributed by atoms with Gasteiger partial charge in [-0.05, 0) is 29.8 Å². The summed E-state index contributed by atoms with van der Waals surface area (Å²) in [4.78, 5) is 0. The maximum atomic E-state index is 4.25. The minimum atomic E-state index is 0.956. The Morgan fingerprint density at radius 3 is 2.60 bits per heavy atom. The number of rotatable bonds is 2. The molecule has 0 radical (unpaired) electrons. The second-order valence-corrected chi connectivity index (χ2v) is 4.44. The molecule has 1 nitrogen and oxygen atoms in total. The van der Waals surface area contributed by atoms with Crippen molar-refractivity contribution in [2.24, 2.45) is 0 Å². The van der Waals surface area contributed by atoms with Gasteiger partial charge in [0.05, 0.1) is 0 Å². The number of hydrogen-bond acceptors (Lipinski definition) is 0. The lowest BCUT2D eigenvalue weighted by Crippen LogP contribution is -1.99. The predicted molar refractivity (Wildman–Crippen MR) is 84.0 cm³/mol. The number of allylic oxidation sites excluding steroid dienone is 9. The molecule has 0 saturated heterocycles. The van der Waals surface area contributed by atoms with Crippen molar-refractivity contribution in [3.63, 3.8) is 0 Å². The SMILES string of the molecule is [C+](=C1C=[N+]=CC([C-]=C2C=C[CH-]C=C2)=C1)c1ccccc1. The van der Waals surface area contributed by atoms with Crippen LogP contribution in [-0.4, -0.2) is 12.4 Å². The van der Waals surface area contributed by atoms with Crippen LogP contribution in [0.2, 0.25) is 0 Å². The summed E-state index contributed by atoms with van der Waals surface area (Å²) in [5.41, 5.74) is 4.01. The van der Waals surface area contributed by atoms with Crippen LogP contribution in [0.1, 0.15) is 5.56 Å². The largest absolute Gasteiger partial charge is 0.343 e. The molecule has 0 N–H and O–H groups in total. The Balaban J connectivity index is 1.88. The Hall–Kier alpha value is -2.85. The van der Waals surface area contributed by atoms with Crippen LogP contribution in [0.15, 0.2) is 77.4 Å². The van der Waals surface area contributed by atoms with Gasteiger partial charge in [0.1, 0.15) is 11.1 Å². The number of hydrogen-bond donors (Lipinski definition) is 0. The standard InChI is InChI=1S/C19H13N/c1-3-7-16(8-4-1)11-18-13-19(15-20-14-18)12-17-9-5-2-6-10-17/h1-10,13-15H. The summed E-state index contributed by atoms with van der Waals surface area (Å²) in [6.07, 6.45) is 22.4. The fourth-order valence-electron chi connectivity index (χ4n) is 1.95. The van der Waals surface area contributed by atoms with Crippen molar-refractivity contribution in [2.75, 3.05) is 0 Å². The first-order valence-electron chi connectivity index (χ1n) is 6.49. The Kier molecular flexibility index (Phi) is 3.57. The van der Waals surface area contributed by atoms with E-state index in [1.165, 1.54) is 0 Å². The smallest absolute Gasteiger partial charge is 0.173 e. The van der Waals surface area contributed by atoms with Crippen molar-refractivity contribution >= 4 is 12.4 Å². The second kappa shape index (κ2) is 5.86. The number of nitrogens with zero attached hydrogens (tertiary/aromatic N) is 1. The van der Waals surface area contributed by atoms with Crippen molar-refractivity contribution in [3.05, 3.63) is 102 Å². The minimum absolute atomic E-state index is 0.956. The molecule has 20 heavy (non-hydrogen) atoms. The van der Waals surface area contributed by atoms with Gasteiger partial charge in [0, 0.05) is 12.1 Å². The van der Waals surface area contributed by atoms with Crippen LogP contribution in [-0.2, 0) is 0 Å². The van der Waals surface area contributed by atoms with E-state index in [4.69, 9.17) is 0 Å². The quantitative estimate of drug-likeness (QED) is 0.570. The van der Waals surface area contributed by atoms with E-state index < -0.39 is 0 Å². The molecule has 0 amide bonds. The Morgan fingerprint density at radius 1 is 1.00 bits per heavy atom. The zero-order chi connectivity index (χ0) is 13.6. The molecular formula is C19H13N. The average Bonchev–Trinajstić information content (AvgIpc) is 2.50. The van der Waals surface area contributed by atoms with E-state index in [2.05, 4.69) is 16.8 Å². The molecule has 0 fully saturated rings. The van der Waals surface area contributed by atoms with E-state index >= 15 is 0 Å². The minimum Gasteiger partial charge on any atom is -0.173 e. The first-order chi connectivity index (χ1) is 9.90. The molecule has 1 heteroatoms. The summed E-state index contributed by atoms with van der Waals surface area (Å²) in [7, 11) is 0. The molecule has 0 atom stereocenters. The molecule has 1 aliphatic carbocycles. The van der Waals surface area contributed by atoms with Gasteiger partial charge in [0.15, 0.2) is 0 Å². The fourth-order valence-corrected chi connectivity index (χ4v) is 1.95. The van der Waals surface area contributed by atoms with E-state index in [0.29, 0.717) is 0 Å². The lowest BCUT2D eigenvalue weighted by atomic mass is 10.0. The van der Waals surface area contributed by atoms with Crippen LogP contribution in [0.4, 0.5) is 0 Å². The first-order valence-corrected chi connectivity index (χ1v) is 6.49. The highest BCUT2D eigenvalue weighted by atomic mass is 14.5. The van der Waals surface area contributed by atoms with E-state index in [1.807, 2.05) is 79.6 Å². The third kappa shape index (κ3) is 3.13. The third-order valence-corrected chi connectivity index (χ3v) is 2.86. The highest BCUT2D eigenvalue weighted by Gasteiger charge is 2.06. The molecule has 0 spiro atoms. The van der Waals surface area contributed by atoms with E-state index in [-0.39, 0.29) is 0 Å². The van der Waals surface area contributed by atoms with Gasteiger partial charge < -0.3 is 0 Å². The lowest BCUT2D eigenvalue weighted by molar-refractivity contribution is 1.48. The van der Waals surface area contributed by atoms with Gasteiger partial charge >= 0.3 is 6.21 Å². The first kappa shape index (κ1) is 12.2. The van der Waals surface area contributed by atoms with Gasteiger partial charge in [0.25, 0.3) is 0 Å². The van der Waals surface area contributed by atoms with Crippen LogP contribution in [0.5, 0.6) is 0 Å². The monoisotopic (exact) mass is 255 g/mol. The number of benzene rings is 1. The molecular weight excluding hydrogens is 242 g/mol. The molecule has 1 heterocycles. The lowest BCUT2D eigenvalue weighted by Gasteiger charge is -2.09. The van der Waals surface area contributed by atoms with Gasteiger partial charge in [-0.1, -0.05) is 10.7 Å². The van der Waals surface area contributed by atoms with Crippen molar-refractivity contribution in [3.8, 4) is 0 Å². The van der Waals surface area contributed by atoms with E-state index in [9.17, 15) is 0 Å². The molecule has 0 unspecified atom stereocenters. The molecule has 1 aliphatic heterocycles. The van der Waals surface area contributed by atoms with E-state index in [1.54, 1.807) is 0 Å². The molecule has 94 valence electrons. The van der Waals surface area contributed by atoms with Gasteiger partial charge in [-0.15, -0.1) is 6.08 Å². The van der Waals surface area contributed by atoms with Crippen molar-refractivity contribution in [1.82, 2.24) is 4.67 Å². The van der Waals surface area contributed by atoms with Crippen LogP contribution < -0.4 is 4.67 Å². The van der Waals surface area contributed by atoms with E-state index in [0.717, 1.165) is 22.3 Å². The van der Waals surface area contributed by atoms with Gasteiger partial charge in [-0.25, -0.2) is 0 Å². The summed E-state index contributed by atoms with van der Waals surface area (Å²) < 4.78 is 4.25. The zero-order valence-electron chi connectivity index (χ0n) is 11.0. The van der Waals surface area contributed by atoms with Gasteiger partial charge in [0.2, 0.25) is 6.21 Å². The molecule has 0 aromatic heterocycles. The summed E-state index contributed by atoms with van der Waals surface area (Å²) in [5.74, 6) is 0. The average molecular weight is 255 g/mol. The molecule has 0 saturated carbocycles. The normalized spacial score (nSPS) is 17.7. The zero-order valence-corrected chi connectivity index (χ0v) is 11.0. The van der Waals surface area contributed by atoms with Crippen LogP contribution in [0.3, 0.4) is 0 Å². The predicted octanol–water partition coefficient (Wildman–Crippen LogP) is 2.97. The van der Waals surface area contributed by atoms with Crippen molar-refractivity contribution in [2.45, 2.75) is 0 Å². The summed E-state index contributed by atoms with van der Waals surface area (Å²) in [6.45, 7) is 0. The maximum absolute atomic E-state index is 4.25. The fraction of sp³-hybridized carbons (Fsp3) is 0. The molecule has 3 rings (SSSR count). The van der Waals surface area contributed by atoms with Crippen molar-refractivity contribution in [1.29, 1.82) is 0 Å². The molecule has 1 aromatic rings. The van der Waals surface area contributed by atoms with Gasteiger partial charge in [-0.3, -0.25) is 0 Å². The highest BCUT2D eigenvalue weighted by molar-refractivity contribution is 5.94. The van der Waals surface area contributed by atoms with Crippen molar-refractivity contribution < 1.29 is 0 Å². The molecule has 2 aliphatic rings. The highest BCUT2D eigenvalue weighted by Crippen LogP contribution is 2.12. The van der Waals surface area contributed by atoms with Crippen LogP contribution in [0.25, 0.3) is 0 Å². The third-order valence-electron chi connectivity index (χ3n) is 2.86. The van der Waals surface area contributed by atoms with Crippen LogP contribution in [0, 0.1) is 18.6 Å². The summed E-state index contributed by atoms with van der Waals surface area (Å²) in [5, 5.41) is 0. The topological polar surface area (TPSA) is 14.1 Å². The van der Waals surface area contributed by atoms with Crippen LogP contribution >= 0.6 is 0 Å². The van der Waals surface area contributed by atoms with Gasteiger partial charge in [-0.2, -0.15) is 36.3 Å².